The molecule has 1 N–H and O–H groups in total. The molecule has 20 heavy (non-hydrogen) atoms. The van der Waals surface area contributed by atoms with Crippen LogP contribution >= 0.6 is 0 Å². The third kappa shape index (κ3) is 2.79. The van der Waals surface area contributed by atoms with Crippen LogP contribution in [0.1, 0.15) is 49.7 Å². The fraction of sp³-hybridized carbons (Fsp3) is 0.667. The lowest BCUT2D eigenvalue weighted by atomic mass is 9.79. The fourth-order valence-electron chi connectivity index (χ4n) is 4.03. The molecule has 1 aromatic carbocycles. The van der Waals surface area contributed by atoms with Crippen molar-refractivity contribution in [2.75, 3.05) is 19.0 Å². The van der Waals surface area contributed by atoms with Crippen molar-refractivity contribution in [3.05, 3.63) is 23.3 Å². The lowest BCUT2D eigenvalue weighted by Gasteiger charge is -2.32. The van der Waals surface area contributed by atoms with E-state index in [0.29, 0.717) is 0 Å². The summed E-state index contributed by atoms with van der Waals surface area (Å²) in [5.41, 5.74) is 4.13. The summed E-state index contributed by atoms with van der Waals surface area (Å²) in [6.45, 7) is 3.34. The number of hydrogen-bond donors (Lipinski definition) is 1. The van der Waals surface area contributed by atoms with E-state index in [4.69, 9.17) is 4.74 Å². The van der Waals surface area contributed by atoms with Crippen LogP contribution < -0.4 is 10.1 Å². The minimum absolute atomic E-state index is 0.802. The molecule has 1 saturated carbocycles. The molecule has 2 heteroatoms. The summed E-state index contributed by atoms with van der Waals surface area (Å²) in [6.07, 6.45) is 9.91. The van der Waals surface area contributed by atoms with Crippen molar-refractivity contribution in [3.8, 4) is 5.75 Å². The lowest BCUT2D eigenvalue weighted by molar-refractivity contribution is 0.289. The zero-order chi connectivity index (χ0) is 13.9. The third-order valence-corrected chi connectivity index (χ3v) is 5.18. The first-order chi connectivity index (χ1) is 9.78. The van der Waals surface area contributed by atoms with Crippen LogP contribution in [0.5, 0.6) is 5.75 Å². The quantitative estimate of drug-likeness (QED) is 0.871. The van der Waals surface area contributed by atoms with E-state index >= 15 is 0 Å². The van der Waals surface area contributed by atoms with Crippen LogP contribution in [0.25, 0.3) is 0 Å². The van der Waals surface area contributed by atoms with E-state index in [9.17, 15) is 0 Å². The Balaban J connectivity index is 1.71. The lowest BCUT2D eigenvalue weighted by Crippen LogP contribution is -2.26. The molecule has 0 aromatic heterocycles. The molecule has 3 rings (SSSR count). The van der Waals surface area contributed by atoms with Gasteiger partial charge in [0, 0.05) is 6.54 Å². The van der Waals surface area contributed by atoms with Gasteiger partial charge in [0.15, 0.2) is 0 Å². The van der Waals surface area contributed by atoms with Crippen molar-refractivity contribution in [1.29, 1.82) is 0 Å². The van der Waals surface area contributed by atoms with Crippen LogP contribution in [0.15, 0.2) is 12.1 Å². The Morgan fingerprint density at radius 3 is 2.70 bits per heavy atom. The molecular formula is C18H27NO. The Morgan fingerprint density at radius 1 is 1.15 bits per heavy atom. The first-order valence-electron chi connectivity index (χ1n) is 8.18. The molecule has 0 radical (unpaired) electrons. The van der Waals surface area contributed by atoms with E-state index in [2.05, 4.69) is 24.4 Å². The topological polar surface area (TPSA) is 21.3 Å². The van der Waals surface area contributed by atoms with Gasteiger partial charge in [0.2, 0.25) is 0 Å². The molecule has 1 aliphatic carbocycles. The van der Waals surface area contributed by atoms with Gasteiger partial charge in [-0.3, -0.25) is 0 Å². The van der Waals surface area contributed by atoms with E-state index in [-0.39, 0.29) is 0 Å². The molecule has 1 aromatic rings. The fourth-order valence-corrected chi connectivity index (χ4v) is 4.03. The minimum atomic E-state index is 0.802. The molecule has 1 atom stereocenters. The van der Waals surface area contributed by atoms with E-state index in [0.717, 1.165) is 24.1 Å². The van der Waals surface area contributed by atoms with Gasteiger partial charge in [-0.2, -0.15) is 0 Å². The standard InChI is InChI=1S/C18H27NO/c1-13-8-9-17(20-2)18-16(13)11-15(12-19-18)10-14-6-4-3-5-7-14/h8-9,14-15,19H,3-7,10-12H2,1-2H3. The van der Waals surface area contributed by atoms with Gasteiger partial charge in [-0.1, -0.05) is 38.2 Å². The monoisotopic (exact) mass is 273 g/mol. The van der Waals surface area contributed by atoms with Gasteiger partial charge >= 0.3 is 0 Å². The summed E-state index contributed by atoms with van der Waals surface area (Å²) < 4.78 is 5.49. The van der Waals surface area contributed by atoms with Gasteiger partial charge in [0.05, 0.1) is 12.8 Å². The molecule has 1 aliphatic heterocycles. The van der Waals surface area contributed by atoms with Gasteiger partial charge in [0.1, 0.15) is 5.75 Å². The molecule has 110 valence electrons. The molecule has 2 nitrogen and oxygen atoms in total. The van der Waals surface area contributed by atoms with Crippen molar-refractivity contribution in [3.63, 3.8) is 0 Å². The van der Waals surface area contributed by atoms with Gasteiger partial charge < -0.3 is 10.1 Å². The van der Waals surface area contributed by atoms with Crippen LogP contribution in [-0.4, -0.2) is 13.7 Å². The maximum absolute atomic E-state index is 5.49. The first-order valence-corrected chi connectivity index (χ1v) is 8.18. The van der Waals surface area contributed by atoms with E-state index in [1.165, 1.54) is 61.8 Å². The number of hydrogen-bond acceptors (Lipinski definition) is 2. The summed E-state index contributed by atoms with van der Waals surface area (Å²) in [5.74, 6) is 2.78. The smallest absolute Gasteiger partial charge is 0.142 e. The van der Waals surface area contributed by atoms with Gasteiger partial charge in [0.25, 0.3) is 0 Å². The van der Waals surface area contributed by atoms with Crippen LogP contribution in [0.4, 0.5) is 5.69 Å². The highest BCUT2D eigenvalue weighted by Crippen LogP contribution is 2.38. The number of anilines is 1. The molecule has 1 fully saturated rings. The number of methoxy groups -OCH3 is 1. The van der Waals surface area contributed by atoms with E-state index in [1.807, 2.05) is 0 Å². The number of fused-ring (bicyclic) bond motifs is 1. The molecule has 0 saturated heterocycles. The number of ether oxygens (including phenoxy) is 1. The number of benzene rings is 1. The summed E-state index contributed by atoms with van der Waals surface area (Å²) in [4.78, 5) is 0. The summed E-state index contributed by atoms with van der Waals surface area (Å²) in [6, 6.07) is 4.28. The van der Waals surface area contributed by atoms with Gasteiger partial charge in [-0.25, -0.2) is 0 Å². The predicted octanol–water partition coefficient (Wildman–Crippen LogP) is 4.56. The maximum Gasteiger partial charge on any atom is 0.142 e. The third-order valence-electron chi connectivity index (χ3n) is 5.18. The zero-order valence-corrected chi connectivity index (χ0v) is 12.9. The van der Waals surface area contributed by atoms with E-state index < -0.39 is 0 Å². The minimum Gasteiger partial charge on any atom is -0.495 e. The van der Waals surface area contributed by atoms with Gasteiger partial charge in [-0.15, -0.1) is 0 Å². The maximum atomic E-state index is 5.49. The molecule has 2 aliphatic rings. The summed E-state index contributed by atoms with van der Waals surface area (Å²) in [5, 5.41) is 3.64. The Labute approximate surface area is 122 Å². The van der Waals surface area contributed by atoms with Crippen molar-refractivity contribution in [1.82, 2.24) is 0 Å². The number of aryl methyl sites for hydroxylation is 1. The van der Waals surface area contributed by atoms with Gasteiger partial charge in [-0.05, 0) is 48.8 Å². The van der Waals surface area contributed by atoms with Crippen molar-refractivity contribution in [2.45, 2.75) is 51.9 Å². The van der Waals surface area contributed by atoms with E-state index in [1.54, 1.807) is 7.11 Å². The predicted molar refractivity (Wildman–Crippen MR) is 84.6 cm³/mol. The van der Waals surface area contributed by atoms with Crippen LogP contribution in [0, 0.1) is 18.8 Å². The van der Waals surface area contributed by atoms with Crippen molar-refractivity contribution < 1.29 is 4.74 Å². The Morgan fingerprint density at radius 2 is 1.95 bits per heavy atom. The SMILES string of the molecule is COc1ccc(C)c2c1NCC(CC1CCCCC1)C2. The molecule has 0 bridgehead atoms. The van der Waals surface area contributed by atoms with Crippen LogP contribution in [0.3, 0.4) is 0 Å². The Kier molecular flexibility index (Phi) is 4.18. The summed E-state index contributed by atoms with van der Waals surface area (Å²) >= 11 is 0. The average molecular weight is 273 g/mol. The average Bonchev–Trinajstić information content (AvgIpc) is 2.49. The Bertz CT molecular complexity index is 463. The van der Waals surface area contributed by atoms with Crippen LogP contribution in [0.2, 0.25) is 0 Å². The summed E-state index contributed by atoms with van der Waals surface area (Å²) in [7, 11) is 1.76. The number of rotatable bonds is 3. The van der Waals surface area contributed by atoms with Crippen LogP contribution in [-0.2, 0) is 6.42 Å². The van der Waals surface area contributed by atoms with Crippen molar-refractivity contribution >= 4 is 5.69 Å². The molecule has 1 heterocycles. The Hall–Kier alpha value is -1.18. The highest BCUT2D eigenvalue weighted by atomic mass is 16.5. The second-order valence-electron chi connectivity index (χ2n) is 6.63. The zero-order valence-electron chi connectivity index (χ0n) is 12.9. The highest BCUT2D eigenvalue weighted by Gasteiger charge is 2.25. The second-order valence-corrected chi connectivity index (χ2v) is 6.63. The first kappa shape index (κ1) is 13.8. The molecule has 0 spiro atoms. The molecular weight excluding hydrogens is 246 g/mol. The second kappa shape index (κ2) is 6.07. The van der Waals surface area contributed by atoms with Crippen molar-refractivity contribution in [2.24, 2.45) is 11.8 Å². The largest absolute Gasteiger partial charge is 0.495 e. The molecule has 1 unspecified atom stereocenters. The highest BCUT2D eigenvalue weighted by molar-refractivity contribution is 5.65. The number of nitrogens with one attached hydrogen (secondary N) is 1. The molecule has 0 amide bonds. The normalized spacial score (nSPS) is 23.0.